The van der Waals surface area contributed by atoms with Crippen molar-refractivity contribution in [1.29, 1.82) is 0 Å². The standard InChI is InChI=1S/C35H48N2O7SeSi2/c1-22(2)46(23(3)4)41-21-29-30(43-47(44-46,24(5)6)25(7)8)31(45-28-18-14-11-15-19-28)34(42-29)36-20-26(9)32(38)37(35(36)40)33(39)27-16-12-10-13-17-27/h10-20,22-25,29-31,34H,21H2,1-9H3/t29-,30-,31-,34-/m1/s1. The van der Waals surface area contributed by atoms with Gasteiger partial charge in [-0.2, -0.15) is 0 Å². The van der Waals surface area contributed by atoms with Gasteiger partial charge in [-0.05, 0) is 0 Å². The fraction of sp³-hybridized carbons (Fsp3) is 0.514. The maximum absolute atomic E-state index is 14.3. The molecule has 2 aromatic carbocycles. The predicted molar refractivity (Wildman–Crippen MR) is 189 cm³/mol. The van der Waals surface area contributed by atoms with E-state index in [0.29, 0.717) is 0 Å². The number of rotatable bonds is 8. The summed E-state index contributed by atoms with van der Waals surface area (Å²) in [6.45, 7) is 19.4. The van der Waals surface area contributed by atoms with Gasteiger partial charge >= 0.3 is 287 Å². The zero-order chi connectivity index (χ0) is 34.3. The van der Waals surface area contributed by atoms with E-state index in [1.807, 2.05) is 18.2 Å². The molecule has 0 bridgehead atoms. The van der Waals surface area contributed by atoms with Gasteiger partial charge in [0, 0.05) is 0 Å². The van der Waals surface area contributed by atoms with Gasteiger partial charge in [-0.25, -0.2) is 0 Å². The molecule has 0 unspecified atom stereocenters. The van der Waals surface area contributed by atoms with Crippen molar-refractivity contribution in [3.8, 4) is 0 Å². The van der Waals surface area contributed by atoms with Crippen LogP contribution in [-0.4, -0.2) is 65.9 Å². The van der Waals surface area contributed by atoms with Crippen LogP contribution in [0.15, 0.2) is 76.4 Å². The van der Waals surface area contributed by atoms with Gasteiger partial charge in [0.2, 0.25) is 0 Å². The maximum atomic E-state index is 14.3. The van der Waals surface area contributed by atoms with Crippen molar-refractivity contribution in [2.45, 2.75) is 108 Å². The Bertz CT molecular complexity index is 1660. The first-order valence-corrected chi connectivity index (χ1v) is 22.4. The van der Waals surface area contributed by atoms with E-state index in [2.05, 4.69) is 67.5 Å². The molecular weight excluding hydrogens is 696 g/mol. The Balaban J connectivity index is 1.69. The Morgan fingerprint density at radius 2 is 1.38 bits per heavy atom. The van der Waals surface area contributed by atoms with Gasteiger partial charge in [-0.1, -0.05) is 0 Å². The van der Waals surface area contributed by atoms with E-state index in [9.17, 15) is 14.4 Å². The van der Waals surface area contributed by atoms with Crippen LogP contribution in [0.1, 0.15) is 77.5 Å². The van der Waals surface area contributed by atoms with E-state index in [-0.39, 0.29) is 59.7 Å². The molecule has 12 heteroatoms. The van der Waals surface area contributed by atoms with Crippen molar-refractivity contribution in [3.63, 3.8) is 0 Å². The second-order valence-corrected chi connectivity index (χ2v) is 25.3. The van der Waals surface area contributed by atoms with Crippen LogP contribution < -0.4 is 15.7 Å². The van der Waals surface area contributed by atoms with E-state index in [4.69, 9.17) is 17.7 Å². The number of carbonyl (C=O) groups excluding carboxylic acids is 1. The first-order chi connectivity index (χ1) is 22.2. The minimum absolute atomic E-state index is 0.119. The first kappa shape index (κ1) is 35.9. The molecule has 2 fully saturated rings. The third-order valence-corrected chi connectivity index (χ3v) is 22.4. The molecule has 4 atom stereocenters. The van der Waals surface area contributed by atoms with Crippen LogP contribution in [0.25, 0.3) is 0 Å². The Labute approximate surface area is 286 Å². The van der Waals surface area contributed by atoms with Crippen LogP contribution >= 0.6 is 0 Å². The van der Waals surface area contributed by atoms with Gasteiger partial charge in [0.1, 0.15) is 0 Å². The molecule has 47 heavy (non-hydrogen) atoms. The average molecular weight is 744 g/mol. The zero-order valence-electron chi connectivity index (χ0n) is 28.8. The number of ether oxygens (including phenoxy) is 1. The number of aromatic nitrogens is 2. The van der Waals surface area contributed by atoms with Crippen LogP contribution in [0, 0.1) is 6.92 Å². The first-order valence-electron chi connectivity index (χ1n) is 16.6. The van der Waals surface area contributed by atoms with Crippen LogP contribution in [0.5, 0.6) is 0 Å². The molecule has 0 saturated carbocycles. The van der Waals surface area contributed by atoms with Crippen molar-refractivity contribution in [2.75, 3.05) is 6.61 Å². The van der Waals surface area contributed by atoms with Crippen LogP contribution in [0.4, 0.5) is 0 Å². The van der Waals surface area contributed by atoms with E-state index >= 15 is 0 Å². The number of carbonyl (C=O) groups is 1. The van der Waals surface area contributed by atoms with E-state index in [1.165, 1.54) is 10.8 Å². The summed E-state index contributed by atoms with van der Waals surface area (Å²) in [6.07, 6.45) is -0.175. The van der Waals surface area contributed by atoms with Gasteiger partial charge in [0.25, 0.3) is 0 Å². The number of fused-ring (bicyclic) bond motifs is 1. The summed E-state index contributed by atoms with van der Waals surface area (Å²) in [5.41, 5.74) is -0.265. The summed E-state index contributed by atoms with van der Waals surface area (Å²) in [7, 11) is -5.82. The summed E-state index contributed by atoms with van der Waals surface area (Å²) in [5.74, 6) is -0.671. The predicted octanol–water partition coefficient (Wildman–Crippen LogP) is 5.68. The molecule has 1 aromatic heterocycles. The molecule has 0 N–H and O–H groups in total. The number of benzene rings is 2. The van der Waals surface area contributed by atoms with Crippen LogP contribution in [0.3, 0.4) is 0 Å². The van der Waals surface area contributed by atoms with Gasteiger partial charge < -0.3 is 0 Å². The van der Waals surface area contributed by atoms with E-state index in [0.717, 1.165) is 9.03 Å². The minimum atomic E-state index is -2.99. The molecule has 2 aliphatic rings. The second kappa shape index (κ2) is 14.2. The van der Waals surface area contributed by atoms with Gasteiger partial charge in [-0.15, -0.1) is 0 Å². The van der Waals surface area contributed by atoms with Gasteiger partial charge in [-0.3, -0.25) is 0 Å². The van der Waals surface area contributed by atoms with Crippen LogP contribution in [-0.2, 0) is 17.7 Å². The summed E-state index contributed by atoms with van der Waals surface area (Å²) in [6, 6.07) is 18.6. The summed E-state index contributed by atoms with van der Waals surface area (Å²) < 4.78 is 32.1. The molecule has 9 nitrogen and oxygen atoms in total. The number of hydrogen-bond donors (Lipinski definition) is 0. The molecule has 5 rings (SSSR count). The molecular formula is C35H48N2O7SeSi2. The molecule has 3 aromatic rings. The molecule has 0 radical (unpaired) electrons. The second-order valence-electron chi connectivity index (χ2n) is 13.8. The van der Waals surface area contributed by atoms with Crippen molar-refractivity contribution in [2.24, 2.45) is 0 Å². The van der Waals surface area contributed by atoms with Crippen molar-refractivity contribution in [3.05, 3.63) is 98.8 Å². The van der Waals surface area contributed by atoms with Gasteiger partial charge in [0.05, 0.1) is 0 Å². The van der Waals surface area contributed by atoms with Crippen molar-refractivity contribution < 1.29 is 22.5 Å². The van der Waals surface area contributed by atoms with Crippen molar-refractivity contribution >= 4 is 42.4 Å². The van der Waals surface area contributed by atoms with E-state index < -0.39 is 52.7 Å². The van der Waals surface area contributed by atoms with Gasteiger partial charge in [0.15, 0.2) is 0 Å². The monoisotopic (exact) mass is 744 g/mol. The molecule has 254 valence electrons. The van der Waals surface area contributed by atoms with Crippen molar-refractivity contribution in [1.82, 2.24) is 9.13 Å². The fourth-order valence-electron chi connectivity index (χ4n) is 6.90. The fourth-order valence-corrected chi connectivity index (χ4v) is 21.1. The van der Waals surface area contributed by atoms with E-state index in [1.54, 1.807) is 37.3 Å². The quantitative estimate of drug-likeness (QED) is 0.274. The number of aryl methyl sites for hydroxylation is 1. The molecule has 0 amide bonds. The summed E-state index contributed by atoms with van der Waals surface area (Å²) >= 11 is -0.221. The molecule has 3 heterocycles. The Morgan fingerprint density at radius 3 is 1.94 bits per heavy atom. The summed E-state index contributed by atoms with van der Waals surface area (Å²) in [4.78, 5) is 41.0. The summed E-state index contributed by atoms with van der Waals surface area (Å²) in [5, 5.41) is 0. The Morgan fingerprint density at radius 1 is 0.830 bits per heavy atom. The number of nitrogens with zero attached hydrogens (tertiary/aromatic N) is 2. The molecule has 2 saturated heterocycles. The molecule has 0 spiro atoms. The Kier molecular flexibility index (Phi) is 10.8. The topological polar surface area (TPSA) is 98.0 Å². The third-order valence-electron chi connectivity index (χ3n) is 9.42. The zero-order valence-corrected chi connectivity index (χ0v) is 32.6. The average Bonchev–Trinajstić information content (AvgIpc) is 3.34. The number of hydrogen-bond acceptors (Lipinski definition) is 7. The third kappa shape index (κ3) is 6.63. The Hall–Kier alpha value is -2.42. The molecule has 0 aliphatic carbocycles. The molecule has 2 aliphatic heterocycles. The SMILES string of the molecule is Cc1cn([C@@H]2O[C@@H]3CO[Si](C(C)C)(C(C)C)O[Si](C(C)C)(C(C)C)O[C@H]3[C@H]2[Se]c2ccccc2)c(=O)n(C(=O)c2ccccc2)c1=O. The van der Waals surface area contributed by atoms with Crippen LogP contribution in [0.2, 0.25) is 27.0 Å². The normalized spacial score (nSPS) is 24.0.